The van der Waals surface area contributed by atoms with Gasteiger partial charge in [0.1, 0.15) is 17.3 Å². The van der Waals surface area contributed by atoms with Gasteiger partial charge < -0.3 is 24.1 Å². The highest BCUT2D eigenvalue weighted by atomic mass is 32.2. The average molecular weight is 394 g/mol. The first-order valence-corrected chi connectivity index (χ1v) is 10.0. The lowest BCUT2D eigenvalue weighted by atomic mass is 10.1. The van der Waals surface area contributed by atoms with Gasteiger partial charge in [-0.15, -0.1) is 0 Å². The molecule has 0 aromatic heterocycles. The van der Waals surface area contributed by atoms with Gasteiger partial charge in [-0.3, -0.25) is 0 Å². The molecule has 0 saturated carbocycles. The number of methoxy groups -OCH3 is 1. The number of nitrogens with one attached hydrogen (secondary N) is 1. The van der Waals surface area contributed by atoms with Gasteiger partial charge in [-0.25, -0.2) is 4.21 Å². The fourth-order valence-corrected chi connectivity index (χ4v) is 3.30. The highest BCUT2D eigenvalue weighted by Crippen LogP contribution is 2.26. The molecule has 0 aliphatic heterocycles. The van der Waals surface area contributed by atoms with Crippen molar-refractivity contribution in [1.82, 2.24) is 5.32 Å². The first-order valence-electron chi connectivity index (χ1n) is 8.91. The van der Waals surface area contributed by atoms with Crippen LogP contribution in [-0.4, -0.2) is 41.7 Å². The number of ether oxygens (including phenoxy) is 3. The van der Waals surface area contributed by atoms with Crippen molar-refractivity contribution >= 4 is 11.1 Å². The highest BCUT2D eigenvalue weighted by Gasteiger charge is 2.11. The minimum atomic E-state index is -2.07. The van der Waals surface area contributed by atoms with E-state index in [4.69, 9.17) is 14.2 Å². The molecule has 0 radical (unpaired) electrons. The van der Waals surface area contributed by atoms with Crippen LogP contribution in [0.15, 0.2) is 47.4 Å². The smallest absolute Gasteiger partial charge is 0.190 e. The monoisotopic (exact) mass is 393 g/mol. The molecule has 0 heterocycles. The van der Waals surface area contributed by atoms with Crippen molar-refractivity contribution in [3.05, 3.63) is 48.0 Å². The Morgan fingerprint density at radius 1 is 1.11 bits per heavy atom. The Morgan fingerprint density at radius 3 is 2.44 bits per heavy atom. The van der Waals surface area contributed by atoms with Crippen molar-refractivity contribution in [2.45, 2.75) is 31.2 Å². The Morgan fingerprint density at radius 2 is 1.81 bits per heavy atom. The van der Waals surface area contributed by atoms with Crippen LogP contribution in [-0.2, 0) is 17.5 Å². The van der Waals surface area contributed by atoms with Crippen LogP contribution >= 0.6 is 0 Å². The third-order valence-electron chi connectivity index (χ3n) is 3.96. The minimum absolute atomic E-state index is 0.184. The van der Waals surface area contributed by atoms with E-state index in [0.717, 1.165) is 23.5 Å². The molecule has 0 aliphatic carbocycles. The summed E-state index contributed by atoms with van der Waals surface area (Å²) in [6, 6.07) is 13.1. The molecule has 1 unspecified atom stereocenters. The van der Waals surface area contributed by atoms with Crippen LogP contribution in [0.3, 0.4) is 0 Å². The Hall–Kier alpha value is -2.09. The zero-order valence-corrected chi connectivity index (χ0v) is 16.8. The van der Waals surface area contributed by atoms with Crippen LogP contribution in [0.4, 0.5) is 0 Å². The van der Waals surface area contributed by atoms with Crippen molar-refractivity contribution in [2.75, 3.05) is 26.9 Å². The molecule has 27 heavy (non-hydrogen) atoms. The van der Waals surface area contributed by atoms with Crippen LogP contribution in [0.25, 0.3) is 0 Å². The summed E-state index contributed by atoms with van der Waals surface area (Å²) in [6.45, 7) is 5.79. The lowest BCUT2D eigenvalue weighted by Crippen LogP contribution is -2.31. The van der Waals surface area contributed by atoms with Gasteiger partial charge in [0.25, 0.3) is 0 Å². The van der Waals surface area contributed by atoms with Gasteiger partial charge in [0, 0.05) is 12.6 Å². The maximum absolute atomic E-state index is 11.4. The fraction of sp³-hybridized carbons (Fsp3) is 0.400. The van der Waals surface area contributed by atoms with Gasteiger partial charge in [0.15, 0.2) is 22.6 Å². The first-order chi connectivity index (χ1) is 13.0. The number of hydrogen-bond acceptors (Lipinski definition) is 5. The van der Waals surface area contributed by atoms with Crippen molar-refractivity contribution in [1.29, 1.82) is 0 Å². The van der Waals surface area contributed by atoms with Gasteiger partial charge in [-0.1, -0.05) is 18.2 Å². The predicted octanol–water partition coefficient (Wildman–Crippen LogP) is 3.27. The van der Waals surface area contributed by atoms with Gasteiger partial charge in [-0.2, -0.15) is 0 Å². The largest absolute Gasteiger partial charge is 0.495 e. The van der Waals surface area contributed by atoms with E-state index in [9.17, 15) is 8.76 Å². The van der Waals surface area contributed by atoms with Gasteiger partial charge in [0.05, 0.1) is 13.7 Å². The number of benzene rings is 2. The van der Waals surface area contributed by atoms with E-state index in [1.807, 2.05) is 37.3 Å². The van der Waals surface area contributed by atoms with E-state index in [-0.39, 0.29) is 10.9 Å². The molecule has 2 rings (SSSR count). The van der Waals surface area contributed by atoms with Crippen molar-refractivity contribution in [3.63, 3.8) is 0 Å². The van der Waals surface area contributed by atoms with Gasteiger partial charge in [0.2, 0.25) is 0 Å². The average Bonchev–Trinajstić information content (AvgIpc) is 2.66. The molecular weight excluding hydrogens is 366 g/mol. The quantitative estimate of drug-likeness (QED) is 0.451. The molecule has 0 fully saturated rings. The maximum atomic E-state index is 11.4. The molecule has 2 atom stereocenters. The molecule has 7 heteroatoms. The summed E-state index contributed by atoms with van der Waals surface area (Å²) >= 11 is -2.07. The first kappa shape index (κ1) is 21.2. The predicted molar refractivity (Wildman–Crippen MR) is 106 cm³/mol. The second kappa shape index (κ2) is 10.9. The fourth-order valence-electron chi connectivity index (χ4n) is 2.72. The van der Waals surface area contributed by atoms with E-state index in [0.29, 0.717) is 25.5 Å². The molecule has 0 aliphatic rings. The zero-order chi connectivity index (χ0) is 19.6. The number of hydrogen-bond donors (Lipinski definition) is 2. The summed E-state index contributed by atoms with van der Waals surface area (Å²) in [5.74, 6) is 1.90. The lowest BCUT2D eigenvalue weighted by Gasteiger charge is -2.16. The molecular formula is C20H27NO5S. The Bertz CT molecular complexity index is 753. The third kappa shape index (κ3) is 6.53. The molecule has 148 valence electrons. The van der Waals surface area contributed by atoms with E-state index in [2.05, 4.69) is 12.2 Å². The lowest BCUT2D eigenvalue weighted by molar-refractivity contribution is 0.272. The second-order valence-electron chi connectivity index (χ2n) is 6.02. The summed E-state index contributed by atoms with van der Waals surface area (Å²) in [7, 11) is 1.49. The third-order valence-corrected chi connectivity index (χ3v) is 4.65. The molecule has 2 N–H and O–H groups in total. The van der Waals surface area contributed by atoms with Crippen molar-refractivity contribution in [2.24, 2.45) is 0 Å². The summed E-state index contributed by atoms with van der Waals surface area (Å²) in [5, 5.41) is 3.39. The standard InChI is InChI=1S/C20H27NO5S/c1-4-25-17-7-5-6-8-18(17)26-12-11-21-15(2)13-16-9-10-19(24-3)20(14-16)27(22)23/h5-10,14-15,21H,4,11-13H2,1-3H3,(H,22,23)/t15-/m1/s1. The normalized spacial score (nSPS) is 13.0. The number of para-hydroxylation sites is 2. The second-order valence-corrected chi connectivity index (χ2v) is 6.96. The van der Waals surface area contributed by atoms with Crippen LogP contribution in [0.2, 0.25) is 0 Å². The Labute approximate surface area is 163 Å². The summed E-state index contributed by atoms with van der Waals surface area (Å²) in [4.78, 5) is 0.290. The van der Waals surface area contributed by atoms with Gasteiger partial charge >= 0.3 is 0 Å². The van der Waals surface area contributed by atoms with Crippen LogP contribution in [0.5, 0.6) is 17.2 Å². The summed E-state index contributed by atoms with van der Waals surface area (Å²) in [6.07, 6.45) is 0.726. The molecule has 0 bridgehead atoms. The molecule has 0 amide bonds. The Kier molecular flexibility index (Phi) is 8.57. The topological polar surface area (TPSA) is 77.0 Å². The van der Waals surface area contributed by atoms with E-state index in [1.54, 1.807) is 12.1 Å². The number of rotatable bonds is 11. The van der Waals surface area contributed by atoms with E-state index in [1.165, 1.54) is 7.11 Å². The minimum Gasteiger partial charge on any atom is -0.495 e. The highest BCUT2D eigenvalue weighted by molar-refractivity contribution is 7.79. The summed E-state index contributed by atoms with van der Waals surface area (Å²) < 4.78 is 37.3. The maximum Gasteiger partial charge on any atom is 0.190 e. The van der Waals surface area contributed by atoms with Crippen LogP contribution in [0, 0.1) is 0 Å². The van der Waals surface area contributed by atoms with Gasteiger partial charge in [-0.05, 0) is 50.1 Å². The van der Waals surface area contributed by atoms with E-state index >= 15 is 0 Å². The van der Waals surface area contributed by atoms with Crippen LogP contribution in [0.1, 0.15) is 19.4 Å². The molecule has 0 saturated heterocycles. The molecule has 2 aromatic carbocycles. The SMILES string of the molecule is CCOc1ccccc1OCCN[C@H](C)Cc1ccc(OC)c(S(=O)O)c1. The van der Waals surface area contributed by atoms with Crippen molar-refractivity contribution in [3.8, 4) is 17.2 Å². The van der Waals surface area contributed by atoms with E-state index < -0.39 is 11.1 Å². The zero-order valence-electron chi connectivity index (χ0n) is 15.9. The molecule has 6 nitrogen and oxygen atoms in total. The van der Waals surface area contributed by atoms with Crippen LogP contribution < -0.4 is 19.5 Å². The Balaban J connectivity index is 1.82. The molecule has 2 aromatic rings. The summed E-state index contributed by atoms with van der Waals surface area (Å²) in [5.41, 5.74) is 0.968. The molecule has 0 spiro atoms. The van der Waals surface area contributed by atoms with Crippen molar-refractivity contribution < 1.29 is 23.0 Å².